The molecule has 51 heavy (non-hydrogen) atoms. The molecular weight excluding hydrogens is 680 g/mol. The zero-order valence-electron chi connectivity index (χ0n) is 31.4. The molecule has 0 aliphatic carbocycles. The van der Waals surface area contributed by atoms with Gasteiger partial charge in [0, 0.05) is 13.0 Å². The summed E-state index contributed by atoms with van der Waals surface area (Å²) in [5, 5.41) is 30.5. The zero-order chi connectivity index (χ0) is 37.6. The van der Waals surface area contributed by atoms with Gasteiger partial charge in [0.2, 0.25) is 0 Å². The first kappa shape index (κ1) is 47.6. The van der Waals surface area contributed by atoms with Gasteiger partial charge in [-0.2, -0.15) is 8.42 Å². The SMILES string of the molecule is CCC/C=C\C/C=C\CCCCCCCC(=O)OC(COCCCCCCCCCCCCC)COC1OC(CO)C(O)C(OS(=O)(=O)O)C1O. The van der Waals surface area contributed by atoms with Crippen molar-refractivity contribution in [3.05, 3.63) is 24.3 Å². The minimum atomic E-state index is -5.05. The van der Waals surface area contributed by atoms with E-state index in [4.69, 9.17) is 23.5 Å². The molecule has 1 fully saturated rings. The number of hydrogen-bond donors (Lipinski definition) is 4. The van der Waals surface area contributed by atoms with Crippen molar-refractivity contribution in [3.63, 3.8) is 0 Å². The Morgan fingerprint density at radius 2 is 1.33 bits per heavy atom. The lowest BCUT2D eigenvalue weighted by molar-refractivity contribution is -0.301. The molecule has 0 aromatic carbocycles. The Bertz CT molecular complexity index is 1000. The van der Waals surface area contributed by atoms with E-state index in [0.29, 0.717) is 13.0 Å². The summed E-state index contributed by atoms with van der Waals surface area (Å²) in [6.07, 6.45) is 22.2. The fraction of sp³-hybridized carbons (Fsp3) is 0.868. The summed E-state index contributed by atoms with van der Waals surface area (Å²) in [4.78, 5) is 12.7. The minimum absolute atomic E-state index is 0.0330. The summed E-state index contributed by atoms with van der Waals surface area (Å²) in [5.41, 5.74) is 0. The minimum Gasteiger partial charge on any atom is -0.457 e. The van der Waals surface area contributed by atoms with Crippen LogP contribution in [0, 0.1) is 0 Å². The Labute approximate surface area is 308 Å². The van der Waals surface area contributed by atoms with Gasteiger partial charge in [0.15, 0.2) is 6.29 Å². The average Bonchev–Trinajstić information content (AvgIpc) is 3.09. The maximum atomic E-state index is 12.7. The number of aliphatic hydroxyl groups excluding tert-OH is 3. The van der Waals surface area contributed by atoms with Crippen molar-refractivity contribution in [3.8, 4) is 0 Å². The number of hydrogen-bond acceptors (Lipinski definition) is 11. The van der Waals surface area contributed by atoms with Crippen molar-refractivity contribution >= 4 is 16.4 Å². The van der Waals surface area contributed by atoms with E-state index in [9.17, 15) is 28.5 Å². The van der Waals surface area contributed by atoms with E-state index in [1.54, 1.807) is 0 Å². The van der Waals surface area contributed by atoms with Gasteiger partial charge in [0.1, 0.15) is 30.5 Å². The second kappa shape index (κ2) is 31.0. The molecule has 0 spiro atoms. The third kappa shape index (κ3) is 25.3. The molecule has 1 aliphatic heterocycles. The molecule has 6 atom stereocenters. The molecule has 0 saturated carbocycles. The van der Waals surface area contributed by atoms with Crippen LogP contribution in [-0.2, 0) is 38.3 Å². The van der Waals surface area contributed by atoms with Crippen molar-refractivity contribution < 1.29 is 56.2 Å². The molecule has 1 aliphatic rings. The first-order valence-electron chi connectivity index (χ1n) is 19.6. The smallest absolute Gasteiger partial charge is 0.397 e. The van der Waals surface area contributed by atoms with Crippen LogP contribution in [0.1, 0.15) is 149 Å². The quantitative estimate of drug-likeness (QED) is 0.0236. The van der Waals surface area contributed by atoms with E-state index in [1.807, 2.05) is 0 Å². The maximum Gasteiger partial charge on any atom is 0.397 e. The van der Waals surface area contributed by atoms with Crippen molar-refractivity contribution in [2.45, 2.75) is 185 Å². The fourth-order valence-electron chi connectivity index (χ4n) is 5.83. The van der Waals surface area contributed by atoms with Crippen LogP contribution in [0.15, 0.2) is 24.3 Å². The third-order valence-corrected chi connectivity index (χ3v) is 9.27. The highest BCUT2D eigenvalue weighted by atomic mass is 32.3. The van der Waals surface area contributed by atoms with Crippen LogP contribution in [0.3, 0.4) is 0 Å². The summed E-state index contributed by atoms with van der Waals surface area (Å²) in [6.45, 7) is 3.88. The summed E-state index contributed by atoms with van der Waals surface area (Å²) in [7, 11) is -5.05. The first-order chi connectivity index (χ1) is 24.6. The van der Waals surface area contributed by atoms with Crippen LogP contribution in [0.2, 0.25) is 0 Å². The molecule has 1 saturated heterocycles. The van der Waals surface area contributed by atoms with Gasteiger partial charge in [-0.15, -0.1) is 0 Å². The average molecular weight is 751 g/mol. The number of carbonyl (C=O) groups excluding carboxylic acids is 1. The Morgan fingerprint density at radius 1 is 0.745 bits per heavy atom. The van der Waals surface area contributed by atoms with E-state index >= 15 is 0 Å². The molecule has 0 bridgehead atoms. The highest BCUT2D eigenvalue weighted by molar-refractivity contribution is 7.80. The highest BCUT2D eigenvalue weighted by Gasteiger charge is 2.48. The fourth-order valence-corrected chi connectivity index (χ4v) is 6.33. The van der Waals surface area contributed by atoms with Gasteiger partial charge >= 0.3 is 16.4 Å². The van der Waals surface area contributed by atoms with Crippen LogP contribution in [0.4, 0.5) is 0 Å². The number of ether oxygens (including phenoxy) is 4. The van der Waals surface area contributed by atoms with Crippen LogP contribution in [0.5, 0.6) is 0 Å². The Morgan fingerprint density at radius 3 is 1.94 bits per heavy atom. The van der Waals surface area contributed by atoms with Crippen LogP contribution >= 0.6 is 0 Å². The van der Waals surface area contributed by atoms with Crippen LogP contribution in [-0.4, -0.2) is 97.5 Å². The van der Waals surface area contributed by atoms with E-state index < -0.39 is 59.8 Å². The van der Waals surface area contributed by atoms with Crippen molar-refractivity contribution in [2.24, 2.45) is 0 Å². The molecule has 0 aromatic rings. The summed E-state index contributed by atoms with van der Waals surface area (Å²) >= 11 is 0. The standard InChI is InChI=1S/C38H70O12S/c1-3-5-7-9-11-13-15-16-17-19-21-23-25-27-34(40)48-32(30-46-28-26-24-22-20-18-14-12-10-8-6-4-2)31-47-38-36(42)37(50-51(43,44)45)35(41)33(29-39)49-38/h7,9,13,15,32-33,35-39,41-42H,3-6,8,10-12,14,16-31H2,1-2H3,(H,43,44,45)/b9-7-,15-13-. The predicted octanol–water partition coefficient (Wildman–Crippen LogP) is 6.90. The largest absolute Gasteiger partial charge is 0.457 e. The highest BCUT2D eigenvalue weighted by Crippen LogP contribution is 2.26. The maximum absolute atomic E-state index is 12.7. The number of aliphatic hydroxyl groups is 3. The monoisotopic (exact) mass is 750 g/mol. The molecule has 0 amide bonds. The zero-order valence-corrected chi connectivity index (χ0v) is 32.2. The van der Waals surface area contributed by atoms with Gasteiger partial charge in [-0.1, -0.05) is 128 Å². The van der Waals surface area contributed by atoms with E-state index in [-0.39, 0.29) is 19.6 Å². The second-order valence-electron chi connectivity index (χ2n) is 13.5. The molecule has 1 rings (SSSR count). The van der Waals surface area contributed by atoms with Crippen LogP contribution < -0.4 is 0 Å². The van der Waals surface area contributed by atoms with Gasteiger partial charge in [-0.05, 0) is 38.5 Å². The van der Waals surface area contributed by atoms with Gasteiger partial charge in [-0.25, -0.2) is 4.18 Å². The molecule has 0 aromatic heterocycles. The third-order valence-electron chi connectivity index (χ3n) is 8.81. The lowest BCUT2D eigenvalue weighted by atomic mass is 9.99. The van der Waals surface area contributed by atoms with Gasteiger partial charge < -0.3 is 34.3 Å². The second-order valence-corrected chi connectivity index (χ2v) is 14.6. The van der Waals surface area contributed by atoms with Gasteiger partial charge in [-0.3, -0.25) is 9.35 Å². The number of rotatable bonds is 33. The molecule has 1 heterocycles. The molecule has 12 nitrogen and oxygen atoms in total. The number of carbonyl (C=O) groups is 1. The van der Waals surface area contributed by atoms with E-state index in [1.165, 1.54) is 57.8 Å². The molecule has 4 N–H and O–H groups in total. The molecule has 13 heteroatoms. The Kier molecular flexibility index (Phi) is 28.9. The normalized spacial score (nSPS) is 21.9. The summed E-state index contributed by atoms with van der Waals surface area (Å²) in [5.74, 6) is -0.415. The lowest BCUT2D eigenvalue weighted by Crippen LogP contribution is -2.60. The molecular formula is C38H70O12S. The van der Waals surface area contributed by atoms with Crippen molar-refractivity contribution in [1.82, 2.24) is 0 Å². The van der Waals surface area contributed by atoms with Gasteiger partial charge in [0.05, 0.1) is 19.8 Å². The van der Waals surface area contributed by atoms with Crippen LogP contribution in [0.25, 0.3) is 0 Å². The Hall–Kier alpha value is -1.42. The predicted molar refractivity (Wildman–Crippen MR) is 197 cm³/mol. The van der Waals surface area contributed by atoms with Gasteiger partial charge in [0.25, 0.3) is 0 Å². The van der Waals surface area contributed by atoms with E-state index in [2.05, 4.69) is 42.3 Å². The van der Waals surface area contributed by atoms with Crippen molar-refractivity contribution in [1.29, 1.82) is 0 Å². The van der Waals surface area contributed by atoms with E-state index in [0.717, 1.165) is 64.2 Å². The number of esters is 1. The summed E-state index contributed by atoms with van der Waals surface area (Å²) in [6, 6.07) is 0. The number of allylic oxidation sites excluding steroid dienone is 4. The molecule has 300 valence electrons. The lowest BCUT2D eigenvalue weighted by Gasteiger charge is -2.41. The van der Waals surface area contributed by atoms with Crippen molar-refractivity contribution in [2.75, 3.05) is 26.4 Å². The first-order valence-corrected chi connectivity index (χ1v) is 21.0. The molecule has 0 radical (unpaired) electrons. The topological polar surface area (TPSA) is 178 Å². The Balaban J connectivity index is 2.52. The molecule has 6 unspecified atom stereocenters. The summed E-state index contributed by atoms with van der Waals surface area (Å²) < 4.78 is 58.7. The number of unbranched alkanes of at least 4 members (excludes halogenated alkanes) is 16.